The highest BCUT2D eigenvalue weighted by Gasteiger charge is 2.12. The van der Waals surface area contributed by atoms with Crippen molar-refractivity contribution in [2.24, 2.45) is 5.92 Å². The maximum absolute atomic E-state index is 11.5. The number of sulfone groups is 1. The summed E-state index contributed by atoms with van der Waals surface area (Å²) in [7, 11) is -3.17. The topological polar surface area (TPSA) is 55.4 Å². The van der Waals surface area contributed by atoms with Crippen LogP contribution in [0, 0.1) is 5.92 Å². The van der Waals surface area contributed by atoms with E-state index in [9.17, 15) is 8.42 Å². The summed E-state index contributed by atoms with van der Waals surface area (Å²) >= 11 is 0. The monoisotopic (exact) mass is 311 g/mol. The Hall–Kier alpha value is -1.07. The first-order valence-corrected chi connectivity index (χ1v) is 9.58. The van der Waals surface area contributed by atoms with Gasteiger partial charge in [0.15, 0.2) is 9.84 Å². The highest BCUT2D eigenvalue weighted by atomic mass is 32.2. The van der Waals surface area contributed by atoms with Gasteiger partial charge in [-0.25, -0.2) is 8.42 Å². The maximum Gasteiger partial charge on any atom is 0.175 e. The van der Waals surface area contributed by atoms with Gasteiger partial charge in [0, 0.05) is 12.8 Å². The Labute approximate surface area is 127 Å². The van der Waals surface area contributed by atoms with Crippen LogP contribution in [-0.2, 0) is 9.84 Å². The van der Waals surface area contributed by atoms with Crippen LogP contribution in [-0.4, -0.2) is 34.4 Å². The molecule has 1 saturated carbocycles. The Morgan fingerprint density at radius 3 is 2.71 bits per heavy atom. The molecule has 0 saturated heterocycles. The van der Waals surface area contributed by atoms with Gasteiger partial charge in [0.05, 0.1) is 4.90 Å². The molecule has 0 amide bonds. The van der Waals surface area contributed by atoms with Crippen LogP contribution in [0.5, 0.6) is 5.75 Å². The molecule has 5 heteroatoms. The summed E-state index contributed by atoms with van der Waals surface area (Å²) in [5.41, 5.74) is 0. The van der Waals surface area contributed by atoms with Crippen LogP contribution in [0.25, 0.3) is 0 Å². The quantitative estimate of drug-likeness (QED) is 0.787. The molecule has 4 nitrogen and oxygen atoms in total. The fourth-order valence-corrected chi connectivity index (χ4v) is 3.39. The molecule has 1 N–H and O–H groups in total. The van der Waals surface area contributed by atoms with Crippen LogP contribution in [0.15, 0.2) is 29.2 Å². The first-order valence-electron chi connectivity index (χ1n) is 7.69. The van der Waals surface area contributed by atoms with E-state index in [2.05, 4.69) is 5.32 Å². The molecular formula is C16H25NO3S. The van der Waals surface area contributed by atoms with Gasteiger partial charge in [0.1, 0.15) is 12.4 Å². The lowest BCUT2D eigenvalue weighted by atomic mass is 9.89. The highest BCUT2D eigenvalue weighted by molar-refractivity contribution is 7.90. The zero-order valence-corrected chi connectivity index (χ0v) is 13.5. The van der Waals surface area contributed by atoms with Gasteiger partial charge in [0.25, 0.3) is 0 Å². The van der Waals surface area contributed by atoms with E-state index in [-0.39, 0.29) is 0 Å². The van der Waals surface area contributed by atoms with E-state index in [0.717, 1.165) is 19.0 Å². The molecular weight excluding hydrogens is 286 g/mol. The van der Waals surface area contributed by atoms with E-state index in [1.54, 1.807) is 24.3 Å². The summed E-state index contributed by atoms with van der Waals surface area (Å²) in [6.07, 6.45) is 7.99. The summed E-state index contributed by atoms with van der Waals surface area (Å²) in [5, 5.41) is 3.43. The van der Waals surface area contributed by atoms with E-state index in [1.807, 2.05) is 0 Å². The molecule has 21 heavy (non-hydrogen) atoms. The van der Waals surface area contributed by atoms with E-state index in [4.69, 9.17) is 4.74 Å². The molecule has 1 aromatic carbocycles. The Morgan fingerprint density at radius 1 is 1.24 bits per heavy atom. The van der Waals surface area contributed by atoms with Crippen molar-refractivity contribution in [1.29, 1.82) is 0 Å². The number of nitrogens with one attached hydrogen (secondary N) is 1. The lowest BCUT2D eigenvalue weighted by molar-refractivity contribution is 0.294. The standard InChI is InChI=1S/C16H25NO3S/c1-21(18,19)16-9-5-8-15(12-16)20-11-10-17-13-14-6-3-2-4-7-14/h5,8-9,12,14,17H,2-4,6-7,10-11,13H2,1H3. The van der Waals surface area contributed by atoms with Crippen molar-refractivity contribution < 1.29 is 13.2 Å². The molecule has 0 spiro atoms. The van der Waals surface area contributed by atoms with Gasteiger partial charge in [0.2, 0.25) is 0 Å². The van der Waals surface area contributed by atoms with Crippen LogP contribution >= 0.6 is 0 Å². The Kier molecular flexibility index (Phi) is 6.06. The first-order chi connectivity index (χ1) is 10.1. The van der Waals surface area contributed by atoms with Crippen molar-refractivity contribution in [2.45, 2.75) is 37.0 Å². The minimum Gasteiger partial charge on any atom is -0.492 e. The van der Waals surface area contributed by atoms with Gasteiger partial charge in [-0.15, -0.1) is 0 Å². The third-order valence-electron chi connectivity index (χ3n) is 3.94. The highest BCUT2D eigenvalue weighted by Crippen LogP contribution is 2.22. The summed E-state index contributed by atoms with van der Waals surface area (Å²) in [5.74, 6) is 1.42. The zero-order chi connectivity index (χ0) is 15.1. The average molecular weight is 311 g/mol. The molecule has 0 radical (unpaired) electrons. The second-order valence-corrected chi connectivity index (χ2v) is 7.82. The van der Waals surface area contributed by atoms with Gasteiger partial charge >= 0.3 is 0 Å². The Morgan fingerprint density at radius 2 is 2.00 bits per heavy atom. The van der Waals surface area contributed by atoms with Gasteiger partial charge in [-0.05, 0) is 43.5 Å². The van der Waals surface area contributed by atoms with Gasteiger partial charge in [-0.1, -0.05) is 25.3 Å². The van der Waals surface area contributed by atoms with Crippen LogP contribution < -0.4 is 10.1 Å². The molecule has 118 valence electrons. The number of hydrogen-bond acceptors (Lipinski definition) is 4. The minimum absolute atomic E-state index is 0.301. The number of ether oxygens (including phenoxy) is 1. The normalized spacial score (nSPS) is 16.8. The molecule has 0 atom stereocenters. The predicted molar refractivity (Wildman–Crippen MR) is 84.5 cm³/mol. The second kappa shape index (κ2) is 7.80. The van der Waals surface area contributed by atoms with Crippen molar-refractivity contribution in [3.05, 3.63) is 24.3 Å². The van der Waals surface area contributed by atoms with Crippen LogP contribution in [0.2, 0.25) is 0 Å². The van der Waals surface area contributed by atoms with E-state index in [1.165, 1.54) is 38.4 Å². The third-order valence-corrected chi connectivity index (χ3v) is 5.05. The predicted octanol–water partition coefficient (Wildman–Crippen LogP) is 2.64. The smallest absolute Gasteiger partial charge is 0.175 e. The van der Waals surface area contributed by atoms with Gasteiger partial charge < -0.3 is 10.1 Å². The van der Waals surface area contributed by atoms with Crippen molar-refractivity contribution in [3.63, 3.8) is 0 Å². The molecule has 2 rings (SSSR count). The zero-order valence-electron chi connectivity index (χ0n) is 12.7. The largest absolute Gasteiger partial charge is 0.492 e. The fraction of sp³-hybridized carbons (Fsp3) is 0.625. The van der Waals surface area contributed by atoms with Crippen LogP contribution in [0.3, 0.4) is 0 Å². The molecule has 1 aliphatic rings. The summed E-state index contributed by atoms with van der Waals surface area (Å²) in [4.78, 5) is 0.301. The average Bonchev–Trinajstić information content (AvgIpc) is 2.47. The van der Waals surface area contributed by atoms with Gasteiger partial charge in [-0.3, -0.25) is 0 Å². The summed E-state index contributed by atoms with van der Waals surface area (Å²) in [6.45, 7) is 2.41. The van der Waals surface area contributed by atoms with Gasteiger partial charge in [-0.2, -0.15) is 0 Å². The molecule has 0 aromatic heterocycles. The van der Waals surface area contributed by atoms with Crippen molar-refractivity contribution in [3.8, 4) is 5.75 Å². The maximum atomic E-state index is 11.5. The van der Waals surface area contributed by atoms with E-state index >= 15 is 0 Å². The first kappa shape index (κ1) is 16.3. The molecule has 0 bridgehead atoms. The number of benzene rings is 1. The second-order valence-electron chi connectivity index (χ2n) is 5.80. The molecule has 1 fully saturated rings. The third kappa shape index (κ3) is 5.67. The lowest BCUT2D eigenvalue weighted by Crippen LogP contribution is -2.28. The van der Waals surface area contributed by atoms with Crippen molar-refractivity contribution in [2.75, 3.05) is 26.0 Å². The lowest BCUT2D eigenvalue weighted by Gasteiger charge is -2.21. The molecule has 0 heterocycles. The van der Waals surface area contributed by atoms with Crippen LogP contribution in [0.1, 0.15) is 32.1 Å². The van der Waals surface area contributed by atoms with E-state index in [0.29, 0.717) is 17.3 Å². The van der Waals surface area contributed by atoms with Crippen LogP contribution in [0.4, 0.5) is 0 Å². The molecule has 1 aliphatic carbocycles. The minimum atomic E-state index is -3.17. The Bertz CT molecular complexity index is 536. The molecule has 1 aromatic rings. The number of rotatable bonds is 7. The molecule has 0 unspecified atom stereocenters. The van der Waals surface area contributed by atoms with Crippen molar-refractivity contribution in [1.82, 2.24) is 5.32 Å². The van der Waals surface area contributed by atoms with Crippen molar-refractivity contribution >= 4 is 9.84 Å². The summed E-state index contributed by atoms with van der Waals surface area (Å²) < 4.78 is 28.5. The summed E-state index contributed by atoms with van der Waals surface area (Å²) in [6, 6.07) is 6.66. The molecule has 0 aliphatic heterocycles. The Balaban J connectivity index is 1.69. The fourth-order valence-electron chi connectivity index (χ4n) is 2.73. The van der Waals surface area contributed by atoms with E-state index < -0.39 is 9.84 Å². The SMILES string of the molecule is CS(=O)(=O)c1cccc(OCCNCC2CCCCC2)c1. The number of hydrogen-bond donors (Lipinski definition) is 1.